The third kappa shape index (κ3) is 2.76. The Balaban J connectivity index is 2.14. The quantitative estimate of drug-likeness (QED) is 0.846. The average molecular weight is 231 g/mol. The van der Waals surface area contributed by atoms with Gasteiger partial charge in [-0.15, -0.1) is 0 Å². The van der Waals surface area contributed by atoms with Crippen molar-refractivity contribution in [1.29, 1.82) is 5.26 Å². The van der Waals surface area contributed by atoms with Gasteiger partial charge in [-0.25, -0.2) is 0 Å². The van der Waals surface area contributed by atoms with E-state index in [1.807, 2.05) is 24.3 Å². The molecule has 2 rings (SSSR count). The normalized spacial score (nSPS) is 20.0. The van der Waals surface area contributed by atoms with Crippen molar-refractivity contribution in [3.63, 3.8) is 0 Å². The molecule has 1 aliphatic rings. The number of morpholine rings is 1. The molecule has 1 fully saturated rings. The summed E-state index contributed by atoms with van der Waals surface area (Å²) in [5, 5.41) is 8.77. The first-order valence-corrected chi connectivity index (χ1v) is 5.90. The highest BCUT2D eigenvalue weighted by atomic mass is 16.5. The predicted molar refractivity (Wildman–Crippen MR) is 66.8 cm³/mol. The van der Waals surface area contributed by atoms with Crippen LogP contribution < -0.4 is 10.6 Å². The lowest BCUT2D eigenvalue weighted by atomic mass is 10.1. The standard InChI is InChI=1S/C13H17N3O/c14-6-5-13-10-17-8-7-16(13)12-3-1-11(9-15)2-4-12/h1-4,13H,5-8,10,14H2. The summed E-state index contributed by atoms with van der Waals surface area (Å²) in [4.78, 5) is 2.32. The van der Waals surface area contributed by atoms with Crippen LogP contribution in [-0.2, 0) is 4.74 Å². The number of hydrogen-bond acceptors (Lipinski definition) is 4. The van der Waals surface area contributed by atoms with Gasteiger partial charge in [0.25, 0.3) is 0 Å². The molecule has 1 aromatic carbocycles. The second kappa shape index (κ2) is 5.67. The van der Waals surface area contributed by atoms with Crippen LogP contribution in [0.1, 0.15) is 12.0 Å². The summed E-state index contributed by atoms with van der Waals surface area (Å²) in [5.74, 6) is 0. The lowest BCUT2D eigenvalue weighted by Crippen LogP contribution is -2.46. The van der Waals surface area contributed by atoms with Crippen LogP contribution in [0.3, 0.4) is 0 Å². The van der Waals surface area contributed by atoms with Crippen molar-refractivity contribution in [2.75, 3.05) is 31.2 Å². The van der Waals surface area contributed by atoms with Gasteiger partial charge in [0.2, 0.25) is 0 Å². The monoisotopic (exact) mass is 231 g/mol. The van der Waals surface area contributed by atoms with Gasteiger partial charge in [-0.2, -0.15) is 5.26 Å². The SMILES string of the molecule is N#Cc1ccc(N2CCOCC2CCN)cc1. The zero-order valence-electron chi connectivity index (χ0n) is 9.80. The molecular formula is C13H17N3O. The first-order chi connectivity index (χ1) is 8.35. The van der Waals surface area contributed by atoms with Gasteiger partial charge in [-0.05, 0) is 37.2 Å². The van der Waals surface area contributed by atoms with E-state index in [4.69, 9.17) is 15.7 Å². The Hall–Kier alpha value is -1.57. The molecule has 0 saturated carbocycles. The number of nitriles is 1. The summed E-state index contributed by atoms with van der Waals surface area (Å²) in [6, 6.07) is 10.2. The smallest absolute Gasteiger partial charge is 0.0991 e. The maximum atomic E-state index is 8.77. The highest BCUT2D eigenvalue weighted by Crippen LogP contribution is 2.21. The van der Waals surface area contributed by atoms with Crippen LogP contribution in [0, 0.1) is 11.3 Å². The minimum atomic E-state index is 0.349. The fourth-order valence-corrected chi connectivity index (χ4v) is 2.15. The van der Waals surface area contributed by atoms with E-state index in [1.54, 1.807) is 0 Å². The summed E-state index contributed by atoms with van der Waals surface area (Å²) >= 11 is 0. The van der Waals surface area contributed by atoms with Gasteiger partial charge in [0.05, 0.1) is 30.9 Å². The minimum absolute atomic E-state index is 0.349. The molecule has 0 spiro atoms. The van der Waals surface area contributed by atoms with Crippen LogP contribution in [0.5, 0.6) is 0 Å². The van der Waals surface area contributed by atoms with Gasteiger partial charge in [0, 0.05) is 12.2 Å². The van der Waals surface area contributed by atoms with Crippen molar-refractivity contribution in [3.8, 4) is 6.07 Å². The molecule has 1 heterocycles. The molecule has 0 aromatic heterocycles. The minimum Gasteiger partial charge on any atom is -0.377 e. The number of ether oxygens (including phenoxy) is 1. The number of rotatable bonds is 3. The van der Waals surface area contributed by atoms with Crippen LogP contribution >= 0.6 is 0 Å². The van der Waals surface area contributed by atoms with E-state index in [2.05, 4.69) is 11.0 Å². The number of benzene rings is 1. The van der Waals surface area contributed by atoms with Crippen molar-refractivity contribution < 1.29 is 4.74 Å². The molecule has 1 aliphatic heterocycles. The molecule has 1 atom stereocenters. The van der Waals surface area contributed by atoms with Crippen LogP contribution in [0.25, 0.3) is 0 Å². The Morgan fingerprint density at radius 3 is 2.82 bits per heavy atom. The summed E-state index contributed by atoms with van der Waals surface area (Å²) in [5.41, 5.74) is 7.46. The molecular weight excluding hydrogens is 214 g/mol. The molecule has 0 radical (unpaired) electrons. The molecule has 90 valence electrons. The molecule has 17 heavy (non-hydrogen) atoms. The van der Waals surface area contributed by atoms with Crippen LogP contribution in [-0.4, -0.2) is 32.3 Å². The first-order valence-electron chi connectivity index (χ1n) is 5.90. The van der Waals surface area contributed by atoms with E-state index in [0.717, 1.165) is 31.9 Å². The first kappa shape index (κ1) is 11.9. The molecule has 0 aliphatic carbocycles. The predicted octanol–water partition coefficient (Wildman–Crippen LogP) is 1.11. The Labute approximate surface area is 102 Å². The number of hydrogen-bond donors (Lipinski definition) is 1. The molecule has 1 aromatic rings. The zero-order valence-corrected chi connectivity index (χ0v) is 9.80. The summed E-state index contributed by atoms with van der Waals surface area (Å²) in [6.07, 6.45) is 0.931. The summed E-state index contributed by atoms with van der Waals surface area (Å²) < 4.78 is 5.48. The Morgan fingerprint density at radius 2 is 2.18 bits per heavy atom. The third-order valence-electron chi connectivity index (χ3n) is 3.06. The zero-order chi connectivity index (χ0) is 12.1. The number of nitrogens with zero attached hydrogens (tertiary/aromatic N) is 2. The average Bonchev–Trinajstić information content (AvgIpc) is 2.40. The molecule has 1 unspecified atom stereocenters. The Bertz CT molecular complexity index is 394. The topological polar surface area (TPSA) is 62.3 Å². The molecule has 2 N–H and O–H groups in total. The van der Waals surface area contributed by atoms with E-state index in [0.29, 0.717) is 18.2 Å². The molecule has 0 amide bonds. The fraction of sp³-hybridized carbons (Fsp3) is 0.462. The largest absolute Gasteiger partial charge is 0.377 e. The van der Waals surface area contributed by atoms with Gasteiger partial charge in [0.15, 0.2) is 0 Å². The maximum absolute atomic E-state index is 8.77. The third-order valence-corrected chi connectivity index (χ3v) is 3.06. The van der Waals surface area contributed by atoms with Gasteiger partial charge >= 0.3 is 0 Å². The van der Waals surface area contributed by atoms with Gasteiger partial charge < -0.3 is 15.4 Å². The van der Waals surface area contributed by atoms with Crippen molar-refractivity contribution in [2.45, 2.75) is 12.5 Å². The van der Waals surface area contributed by atoms with E-state index in [9.17, 15) is 0 Å². The van der Waals surface area contributed by atoms with E-state index >= 15 is 0 Å². The molecule has 4 heteroatoms. The lowest BCUT2D eigenvalue weighted by molar-refractivity contribution is 0.0922. The van der Waals surface area contributed by atoms with Crippen LogP contribution in [0.4, 0.5) is 5.69 Å². The molecule has 1 saturated heterocycles. The van der Waals surface area contributed by atoms with Crippen LogP contribution in [0.2, 0.25) is 0 Å². The summed E-state index contributed by atoms with van der Waals surface area (Å²) in [6.45, 7) is 3.04. The molecule has 4 nitrogen and oxygen atoms in total. The van der Waals surface area contributed by atoms with Gasteiger partial charge in [0.1, 0.15) is 0 Å². The second-order valence-electron chi connectivity index (χ2n) is 4.16. The summed E-state index contributed by atoms with van der Waals surface area (Å²) in [7, 11) is 0. The van der Waals surface area contributed by atoms with Crippen molar-refractivity contribution in [1.82, 2.24) is 0 Å². The van der Waals surface area contributed by atoms with Crippen molar-refractivity contribution in [3.05, 3.63) is 29.8 Å². The van der Waals surface area contributed by atoms with E-state index in [1.165, 1.54) is 0 Å². The number of nitrogens with two attached hydrogens (primary N) is 1. The van der Waals surface area contributed by atoms with Gasteiger partial charge in [-0.1, -0.05) is 0 Å². The Kier molecular flexibility index (Phi) is 3.97. The highest BCUT2D eigenvalue weighted by molar-refractivity contribution is 5.50. The maximum Gasteiger partial charge on any atom is 0.0991 e. The number of anilines is 1. The van der Waals surface area contributed by atoms with Gasteiger partial charge in [-0.3, -0.25) is 0 Å². The fourth-order valence-electron chi connectivity index (χ4n) is 2.15. The van der Waals surface area contributed by atoms with E-state index < -0.39 is 0 Å². The second-order valence-corrected chi connectivity index (χ2v) is 4.16. The lowest BCUT2D eigenvalue weighted by Gasteiger charge is -2.37. The Morgan fingerprint density at radius 1 is 1.41 bits per heavy atom. The van der Waals surface area contributed by atoms with Crippen molar-refractivity contribution in [2.24, 2.45) is 5.73 Å². The molecule has 0 bridgehead atoms. The van der Waals surface area contributed by atoms with Crippen molar-refractivity contribution >= 4 is 5.69 Å². The van der Waals surface area contributed by atoms with Crippen LogP contribution in [0.15, 0.2) is 24.3 Å². The van der Waals surface area contributed by atoms with E-state index in [-0.39, 0.29) is 0 Å². The highest BCUT2D eigenvalue weighted by Gasteiger charge is 2.22.